The minimum absolute atomic E-state index is 0.168. The lowest BCUT2D eigenvalue weighted by molar-refractivity contribution is -0.131. The van der Waals surface area contributed by atoms with Gasteiger partial charge in [-0.25, -0.2) is 0 Å². The fraction of sp³-hybridized carbons (Fsp3) is 0.917. The molecular weight excluding hydrogens is 188 g/mol. The minimum atomic E-state index is -0.168. The van der Waals surface area contributed by atoms with Gasteiger partial charge in [-0.05, 0) is 38.6 Å². The van der Waals surface area contributed by atoms with Crippen molar-refractivity contribution in [3.8, 4) is 0 Å². The van der Waals surface area contributed by atoms with E-state index in [1.165, 1.54) is 12.8 Å². The normalized spacial score (nSPS) is 39.9. The minimum Gasteiger partial charge on any atom is -0.353 e. The lowest BCUT2D eigenvalue weighted by Crippen LogP contribution is -2.49. The van der Waals surface area contributed by atoms with Crippen LogP contribution in [-0.4, -0.2) is 25.0 Å². The second kappa shape index (κ2) is 4.12. The van der Waals surface area contributed by atoms with Crippen molar-refractivity contribution in [3.63, 3.8) is 0 Å². The van der Waals surface area contributed by atoms with Gasteiger partial charge in [-0.2, -0.15) is 0 Å². The Bertz CT molecular complexity index is 246. The molecule has 2 fully saturated rings. The van der Waals surface area contributed by atoms with Gasteiger partial charge in [-0.15, -0.1) is 0 Å². The molecule has 1 saturated carbocycles. The Balaban J connectivity index is 1.84. The fourth-order valence-corrected chi connectivity index (χ4v) is 2.47. The van der Waals surface area contributed by atoms with Crippen LogP contribution in [0.4, 0.5) is 0 Å². The Morgan fingerprint density at radius 1 is 1.60 bits per heavy atom. The lowest BCUT2D eigenvalue weighted by Gasteiger charge is -2.32. The van der Waals surface area contributed by atoms with Crippen molar-refractivity contribution in [2.75, 3.05) is 13.1 Å². The summed E-state index contributed by atoms with van der Waals surface area (Å²) in [4.78, 5) is 12.1. The van der Waals surface area contributed by atoms with Crippen molar-refractivity contribution >= 4 is 5.91 Å². The van der Waals surface area contributed by atoms with Gasteiger partial charge in [0.05, 0.1) is 5.41 Å². The SMILES string of the molecule is CCC1CC1NC(=O)C1(C)CCCNC1. The molecule has 3 heteroatoms. The van der Waals surface area contributed by atoms with E-state index in [1.807, 2.05) is 0 Å². The monoisotopic (exact) mass is 210 g/mol. The van der Waals surface area contributed by atoms with E-state index in [4.69, 9.17) is 0 Å². The van der Waals surface area contributed by atoms with Crippen molar-refractivity contribution in [2.45, 2.75) is 45.6 Å². The van der Waals surface area contributed by atoms with Gasteiger partial charge in [-0.3, -0.25) is 4.79 Å². The van der Waals surface area contributed by atoms with Crippen LogP contribution in [0.3, 0.4) is 0 Å². The van der Waals surface area contributed by atoms with Crippen molar-refractivity contribution in [1.82, 2.24) is 10.6 Å². The highest BCUT2D eigenvalue weighted by atomic mass is 16.2. The molecule has 3 nitrogen and oxygen atoms in total. The van der Waals surface area contributed by atoms with Crippen LogP contribution < -0.4 is 10.6 Å². The van der Waals surface area contributed by atoms with E-state index >= 15 is 0 Å². The average molecular weight is 210 g/mol. The summed E-state index contributed by atoms with van der Waals surface area (Å²) in [5.74, 6) is 1.00. The number of carbonyl (C=O) groups excluding carboxylic acids is 1. The molecule has 1 heterocycles. The molecule has 3 atom stereocenters. The molecule has 0 aromatic rings. The maximum absolute atomic E-state index is 12.1. The molecule has 1 amide bonds. The van der Waals surface area contributed by atoms with Gasteiger partial charge in [0.25, 0.3) is 0 Å². The predicted molar refractivity (Wildman–Crippen MR) is 60.5 cm³/mol. The van der Waals surface area contributed by atoms with Crippen molar-refractivity contribution in [1.29, 1.82) is 0 Å². The first-order valence-electron chi connectivity index (χ1n) is 6.17. The highest BCUT2D eigenvalue weighted by molar-refractivity contribution is 5.83. The average Bonchev–Trinajstić information content (AvgIpc) is 2.97. The molecule has 15 heavy (non-hydrogen) atoms. The molecule has 0 bridgehead atoms. The molecule has 2 rings (SSSR count). The number of hydrogen-bond acceptors (Lipinski definition) is 2. The molecule has 0 aromatic carbocycles. The molecule has 86 valence electrons. The van der Waals surface area contributed by atoms with Crippen molar-refractivity contribution in [3.05, 3.63) is 0 Å². The third-order valence-corrected chi connectivity index (χ3v) is 3.91. The second-order valence-corrected chi connectivity index (χ2v) is 5.32. The Labute approximate surface area is 92.0 Å². The van der Waals surface area contributed by atoms with Crippen molar-refractivity contribution < 1.29 is 4.79 Å². The third kappa shape index (κ3) is 2.33. The number of nitrogens with one attached hydrogen (secondary N) is 2. The van der Waals surface area contributed by atoms with E-state index in [0.29, 0.717) is 6.04 Å². The Kier molecular flexibility index (Phi) is 3.01. The van der Waals surface area contributed by atoms with E-state index in [9.17, 15) is 4.79 Å². The van der Waals surface area contributed by atoms with Gasteiger partial charge in [0.15, 0.2) is 0 Å². The van der Waals surface area contributed by atoms with E-state index in [0.717, 1.165) is 31.8 Å². The molecule has 2 aliphatic rings. The third-order valence-electron chi connectivity index (χ3n) is 3.91. The quantitative estimate of drug-likeness (QED) is 0.737. The number of carbonyl (C=O) groups is 1. The zero-order chi connectivity index (χ0) is 10.9. The molecule has 0 radical (unpaired) electrons. The van der Waals surface area contributed by atoms with Gasteiger partial charge in [0, 0.05) is 12.6 Å². The van der Waals surface area contributed by atoms with Crippen LogP contribution in [0.2, 0.25) is 0 Å². The summed E-state index contributed by atoms with van der Waals surface area (Å²) >= 11 is 0. The first-order valence-corrected chi connectivity index (χ1v) is 6.17. The predicted octanol–water partition coefficient (Wildman–Crippen LogP) is 1.29. The summed E-state index contributed by atoms with van der Waals surface area (Å²) < 4.78 is 0. The Morgan fingerprint density at radius 2 is 2.40 bits per heavy atom. The number of hydrogen-bond donors (Lipinski definition) is 2. The topological polar surface area (TPSA) is 41.1 Å². The number of amides is 1. The smallest absolute Gasteiger partial charge is 0.227 e. The van der Waals surface area contributed by atoms with Gasteiger partial charge in [-0.1, -0.05) is 13.3 Å². The number of piperidine rings is 1. The zero-order valence-electron chi connectivity index (χ0n) is 9.81. The molecular formula is C12H22N2O. The molecule has 0 spiro atoms. The number of rotatable bonds is 3. The molecule has 3 unspecified atom stereocenters. The largest absolute Gasteiger partial charge is 0.353 e. The van der Waals surface area contributed by atoms with Gasteiger partial charge in [0.2, 0.25) is 5.91 Å². The van der Waals surface area contributed by atoms with Crippen LogP contribution in [0.1, 0.15) is 39.5 Å². The first-order chi connectivity index (χ1) is 7.15. The van der Waals surface area contributed by atoms with Crippen molar-refractivity contribution in [2.24, 2.45) is 11.3 Å². The Morgan fingerprint density at radius 3 is 2.93 bits per heavy atom. The fourth-order valence-electron chi connectivity index (χ4n) is 2.47. The maximum Gasteiger partial charge on any atom is 0.227 e. The first kappa shape index (κ1) is 10.9. The molecule has 2 N–H and O–H groups in total. The van der Waals surface area contributed by atoms with Gasteiger partial charge >= 0.3 is 0 Å². The van der Waals surface area contributed by atoms with E-state index in [1.54, 1.807) is 0 Å². The Hall–Kier alpha value is -0.570. The molecule has 1 aliphatic heterocycles. The van der Waals surface area contributed by atoms with Crippen LogP contribution >= 0.6 is 0 Å². The molecule has 0 aromatic heterocycles. The van der Waals surface area contributed by atoms with E-state index in [2.05, 4.69) is 24.5 Å². The summed E-state index contributed by atoms with van der Waals surface area (Å²) in [5.41, 5.74) is -0.168. The summed E-state index contributed by atoms with van der Waals surface area (Å²) in [6.45, 7) is 6.17. The van der Waals surface area contributed by atoms with Gasteiger partial charge < -0.3 is 10.6 Å². The standard InChI is InChI=1S/C12H22N2O/c1-3-9-7-10(9)14-11(15)12(2)5-4-6-13-8-12/h9-10,13H,3-8H2,1-2H3,(H,14,15). The second-order valence-electron chi connectivity index (χ2n) is 5.32. The summed E-state index contributed by atoms with van der Waals surface area (Å²) in [6, 6.07) is 0.473. The summed E-state index contributed by atoms with van der Waals surface area (Å²) in [5, 5.41) is 6.50. The van der Waals surface area contributed by atoms with E-state index in [-0.39, 0.29) is 11.3 Å². The van der Waals surface area contributed by atoms with Crippen LogP contribution in [0, 0.1) is 11.3 Å². The van der Waals surface area contributed by atoms with Gasteiger partial charge in [0.1, 0.15) is 0 Å². The van der Waals surface area contributed by atoms with Crippen LogP contribution in [-0.2, 0) is 4.79 Å². The lowest BCUT2D eigenvalue weighted by atomic mass is 9.82. The summed E-state index contributed by atoms with van der Waals surface area (Å²) in [7, 11) is 0. The maximum atomic E-state index is 12.1. The molecule has 1 aliphatic carbocycles. The highest BCUT2D eigenvalue weighted by Crippen LogP contribution is 2.35. The van der Waals surface area contributed by atoms with Crippen LogP contribution in [0.25, 0.3) is 0 Å². The van der Waals surface area contributed by atoms with E-state index < -0.39 is 0 Å². The van der Waals surface area contributed by atoms with Crippen LogP contribution in [0.5, 0.6) is 0 Å². The summed E-state index contributed by atoms with van der Waals surface area (Å²) in [6.07, 6.45) is 4.52. The van der Waals surface area contributed by atoms with Crippen LogP contribution in [0.15, 0.2) is 0 Å². The zero-order valence-corrected chi connectivity index (χ0v) is 9.81. The molecule has 1 saturated heterocycles. The highest BCUT2D eigenvalue weighted by Gasteiger charge is 2.41.